The molecule has 1 aromatic rings. The van der Waals surface area contributed by atoms with Gasteiger partial charge in [-0.2, -0.15) is 0 Å². The van der Waals surface area contributed by atoms with Gasteiger partial charge in [-0.25, -0.2) is 8.42 Å². The number of benzene rings is 1. The highest BCUT2D eigenvalue weighted by atomic mass is 35.7. The molecule has 0 bridgehead atoms. The summed E-state index contributed by atoms with van der Waals surface area (Å²) in [5.74, 6) is -0.422. The van der Waals surface area contributed by atoms with Crippen LogP contribution in [0.2, 0.25) is 0 Å². The lowest BCUT2D eigenvalue weighted by molar-refractivity contribution is -0.117. The van der Waals surface area contributed by atoms with E-state index in [1.807, 2.05) is 31.2 Å². The Labute approximate surface area is 111 Å². The van der Waals surface area contributed by atoms with Gasteiger partial charge in [0.05, 0.1) is 5.75 Å². The monoisotopic (exact) mass is 287 g/mol. The summed E-state index contributed by atoms with van der Waals surface area (Å²) in [6, 6.07) is 7.59. The third-order valence-corrected chi connectivity index (χ3v) is 4.20. The Morgan fingerprint density at radius 1 is 1.44 bits per heavy atom. The highest BCUT2D eigenvalue weighted by Crippen LogP contribution is 2.27. The number of hydrogen-bond acceptors (Lipinski definition) is 3. The summed E-state index contributed by atoms with van der Waals surface area (Å²) in [4.78, 5) is 13.5. The number of rotatable bonds is 3. The third-order valence-electron chi connectivity index (χ3n) is 2.95. The fourth-order valence-corrected chi connectivity index (χ4v) is 3.54. The molecule has 0 saturated carbocycles. The van der Waals surface area contributed by atoms with Gasteiger partial charge in [0.2, 0.25) is 15.0 Å². The van der Waals surface area contributed by atoms with Crippen LogP contribution in [0, 0.1) is 12.8 Å². The first-order valence-electron chi connectivity index (χ1n) is 5.64. The molecule has 0 radical (unpaired) electrons. The second-order valence-corrected chi connectivity index (χ2v) is 7.44. The maximum Gasteiger partial charge on any atom is 0.232 e. The first-order chi connectivity index (χ1) is 8.35. The van der Waals surface area contributed by atoms with E-state index in [0.717, 1.165) is 11.3 Å². The third kappa shape index (κ3) is 3.23. The highest BCUT2D eigenvalue weighted by molar-refractivity contribution is 8.13. The zero-order valence-electron chi connectivity index (χ0n) is 9.97. The summed E-state index contributed by atoms with van der Waals surface area (Å²) in [7, 11) is 1.67. The predicted octanol–water partition coefficient (Wildman–Crippen LogP) is 1.92. The average Bonchev–Trinajstić information content (AvgIpc) is 2.56. The van der Waals surface area contributed by atoms with Crippen molar-refractivity contribution in [2.75, 3.05) is 17.2 Å². The van der Waals surface area contributed by atoms with Crippen LogP contribution < -0.4 is 4.90 Å². The minimum absolute atomic E-state index is 0.0501. The molecule has 2 rings (SSSR count). The van der Waals surface area contributed by atoms with Gasteiger partial charge in [-0.05, 0) is 24.6 Å². The van der Waals surface area contributed by atoms with Crippen molar-refractivity contribution < 1.29 is 13.2 Å². The first-order valence-corrected chi connectivity index (χ1v) is 8.12. The fraction of sp³-hybridized carbons (Fsp3) is 0.417. The van der Waals surface area contributed by atoms with Gasteiger partial charge in [0.15, 0.2) is 0 Å². The van der Waals surface area contributed by atoms with Gasteiger partial charge in [0, 0.05) is 35.3 Å². The molecule has 1 aliphatic heterocycles. The number of carbonyl (C=O) groups is 1. The Morgan fingerprint density at radius 3 is 2.78 bits per heavy atom. The second-order valence-electron chi connectivity index (χ2n) is 4.62. The molecule has 1 aromatic carbocycles. The van der Waals surface area contributed by atoms with Gasteiger partial charge >= 0.3 is 0 Å². The van der Waals surface area contributed by atoms with E-state index in [1.165, 1.54) is 0 Å². The number of anilines is 1. The lowest BCUT2D eigenvalue weighted by Gasteiger charge is -2.17. The fourth-order valence-electron chi connectivity index (χ4n) is 2.22. The second kappa shape index (κ2) is 4.90. The molecule has 18 heavy (non-hydrogen) atoms. The van der Waals surface area contributed by atoms with Gasteiger partial charge in [-0.3, -0.25) is 4.79 Å². The summed E-state index contributed by atoms with van der Waals surface area (Å²) in [6.45, 7) is 2.36. The van der Waals surface area contributed by atoms with Gasteiger partial charge < -0.3 is 4.90 Å². The van der Waals surface area contributed by atoms with E-state index in [4.69, 9.17) is 10.7 Å². The van der Waals surface area contributed by atoms with E-state index in [9.17, 15) is 13.2 Å². The number of hydrogen-bond donors (Lipinski definition) is 0. The summed E-state index contributed by atoms with van der Waals surface area (Å²) >= 11 is 0. The van der Waals surface area contributed by atoms with Crippen LogP contribution >= 0.6 is 10.7 Å². The van der Waals surface area contributed by atoms with Crippen molar-refractivity contribution in [2.45, 2.75) is 13.3 Å². The van der Waals surface area contributed by atoms with Crippen LogP contribution in [0.1, 0.15) is 12.0 Å². The number of aryl methyl sites for hydroxylation is 1. The lowest BCUT2D eigenvalue weighted by atomic mass is 10.1. The number of nitrogens with zero attached hydrogens (tertiary/aromatic N) is 1. The molecule has 1 heterocycles. The molecule has 1 amide bonds. The molecular weight excluding hydrogens is 274 g/mol. The number of carbonyl (C=O) groups excluding carboxylic acids is 1. The van der Waals surface area contributed by atoms with Crippen LogP contribution in [0.15, 0.2) is 24.3 Å². The molecular formula is C12H14ClNO3S. The Morgan fingerprint density at radius 2 is 2.17 bits per heavy atom. The molecule has 1 atom stereocenters. The van der Waals surface area contributed by atoms with Crippen LogP contribution in [-0.4, -0.2) is 26.6 Å². The normalized spacial score (nSPS) is 20.4. The Balaban J connectivity index is 2.15. The average molecular weight is 288 g/mol. The summed E-state index contributed by atoms with van der Waals surface area (Å²) < 4.78 is 22.1. The Hall–Kier alpha value is -1.07. The van der Waals surface area contributed by atoms with Crippen molar-refractivity contribution >= 4 is 31.3 Å². The van der Waals surface area contributed by atoms with E-state index >= 15 is 0 Å². The smallest absolute Gasteiger partial charge is 0.232 e. The first kappa shape index (κ1) is 13.4. The Kier molecular flexibility index (Phi) is 3.64. The SMILES string of the molecule is Cc1cccc(N2CC(CS(=O)(=O)Cl)CC2=O)c1. The van der Waals surface area contributed by atoms with Gasteiger partial charge in [0.1, 0.15) is 0 Å². The van der Waals surface area contributed by atoms with Crippen molar-refractivity contribution in [1.29, 1.82) is 0 Å². The molecule has 1 unspecified atom stereocenters. The highest BCUT2D eigenvalue weighted by Gasteiger charge is 2.33. The quantitative estimate of drug-likeness (QED) is 0.798. The topological polar surface area (TPSA) is 54.5 Å². The maximum atomic E-state index is 11.9. The van der Waals surface area contributed by atoms with Crippen molar-refractivity contribution in [2.24, 2.45) is 5.92 Å². The van der Waals surface area contributed by atoms with Crippen molar-refractivity contribution in [3.05, 3.63) is 29.8 Å². The predicted molar refractivity (Wildman–Crippen MR) is 71.3 cm³/mol. The van der Waals surface area contributed by atoms with Crippen LogP contribution in [-0.2, 0) is 13.8 Å². The molecule has 0 N–H and O–H groups in total. The zero-order valence-corrected chi connectivity index (χ0v) is 11.5. The molecule has 1 aliphatic rings. The van der Waals surface area contributed by atoms with E-state index < -0.39 is 9.05 Å². The maximum absolute atomic E-state index is 11.9. The van der Waals surface area contributed by atoms with Crippen LogP contribution in [0.4, 0.5) is 5.69 Å². The standard InChI is InChI=1S/C12H14ClNO3S/c1-9-3-2-4-11(5-9)14-7-10(6-12(14)15)8-18(13,16)17/h2-5,10H,6-8H2,1H3. The van der Waals surface area contributed by atoms with Crippen molar-refractivity contribution in [3.63, 3.8) is 0 Å². The van der Waals surface area contributed by atoms with E-state index in [0.29, 0.717) is 6.54 Å². The molecule has 0 spiro atoms. The van der Waals surface area contributed by atoms with Crippen molar-refractivity contribution in [1.82, 2.24) is 0 Å². The van der Waals surface area contributed by atoms with E-state index in [2.05, 4.69) is 0 Å². The molecule has 0 aromatic heterocycles. The minimum atomic E-state index is -3.55. The van der Waals surface area contributed by atoms with Crippen LogP contribution in [0.25, 0.3) is 0 Å². The molecule has 1 saturated heterocycles. The summed E-state index contributed by atoms with van der Waals surface area (Å²) in [5, 5.41) is 0. The largest absolute Gasteiger partial charge is 0.312 e. The molecule has 1 fully saturated rings. The van der Waals surface area contributed by atoms with Gasteiger partial charge in [-0.15, -0.1) is 0 Å². The number of halogens is 1. The summed E-state index contributed by atoms with van der Waals surface area (Å²) in [5.41, 5.74) is 1.88. The van der Waals surface area contributed by atoms with E-state index in [1.54, 1.807) is 4.90 Å². The zero-order chi connectivity index (χ0) is 13.3. The van der Waals surface area contributed by atoms with Gasteiger partial charge in [-0.1, -0.05) is 12.1 Å². The Bertz CT molecular complexity index is 570. The number of amides is 1. The lowest BCUT2D eigenvalue weighted by Crippen LogP contribution is -2.25. The van der Waals surface area contributed by atoms with E-state index in [-0.39, 0.29) is 24.0 Å². The van der Waals surface area contributed by atoms with Gasteiger partial charge in [0.25, 0.3) is 0 Å². The molecule has 98 valence electrons. The van der Waals surface area contributed by atoms with Crippen LogP contribution in [0.5, 0.6) is 0 Å². The minimum Gasteiger partial charge on any atom is -0.312 e. The molecule has 4 nitrogen and oxygen atoms in total. The summed E-state index contributed by atoms with van der Waals surface area (Å²) in [6.07, 6.45) is 0.236. The van der Waals surface area contributed by atoms with Crippen LogP contribution in [0.3, 0.4) is 0 Å². The molecule has 6 heteroatoms. The molecule has 0 aliphatic carbocycles. The van der Waals surface area contributed by atoms with Crippen molar-refractivity contribution in [3.8, 4) is 0 Å².